The first-order valence-electron chi connectivity index (χ1n) is 5.19. The van der Waals surface area contributed by atoms with Gasteiger partial charge in [-0.3, -0.25) is 4.74 Å². The van der Waals surface area contributed by atoms with Crippen LogP contribution in [0.2, 0.25) is 0 Å². The van der Waals surface area contributed by atoms with E-state index in [-0.39, 0.29) is 12.0 Å². The Labute approximate surface area is 101 Å². The number of allylic oxidation sites excluding steroid dienone is 2. The van der Waals surface area contributed by atoms with Crippen LogP contribution in [0.1, 0.15) is 12.0 Å². The fourth-order valence-electron chi connectivity index (χ4n) is 1.86. The van der Waals surface area contributed by atoms with Gasteiger partial charge in [0.2, 0.25) is 0 Å². The number of ether oxygens (including phenoxy) is 1. The third-order valence-corrected chi connectivity index (χ3v) is 2.57. The summed E-state index contributed by atoms with van der Waals surface area (Å²) in [5, 5.41) is 0. The summed E-state index contributed by atoms with van der Waals surface area (Å²) in [5.74, 6) is -0.741. The van der Waals surface area contributed by atoms with Gasteiger partial charge in [-0.05, 0) is 18.2 Å². The third-order valence-electron chi connectivity index (χ3n) is 2.57. The van der Waals surface area contributed by atoms with E-state index < -0.39 is 17.8 Å². The van der Waals surface area contributed by atoms with Crippen LogP contribution >= 0.6 is 0 Å². The maximum Gasteiger partial charge on any atom is 0.523 e. The largest absolute Gasteiger partial charge is 0.523 e. The molecule has 1 nitrogen and oxygen atoms in total. The van der Waals surface area contributed by atoms with Crippen molar-refractivity contribution >= 4 is 0 Å². The van der Waals surface area contributed by atoms with Crippen molar-refractivity contribution in [3.05, 3.63) is 60.0 Å². The summed E-state index contributed by atoms with van der Waals surface area (Å²) in [6.45, 7) is 0. The smallest absolute Gasteiger partial charge is 0.276 e. The first-order valence-corrected chi connectivity index (χ1v) is 5.19. The molecule has 1 aromatic carbocycles. The van der Waals surface area contributed by atoms with Crippen LogP contribution in [0, 0.1) is 11.9 Å². The Hall–Kier alpha value is -1.62. The Bertz CT molecular complexity index is 490. The van der Waals surface area contributed by atoms with E-state index in [1.165, 1.54) is 36.4 Å². The van der Waals surface area contributed by atoms with Gasteiger partial charge in [-0.25, -0.2) is 4.39 Å². The molecule has 1 aliphatic carbocycles. The van der Waals surface area contributed by atoms with E-state index in [1.807, 2.05) is 0 Å². The van der Waals surface area contributed by atoms with E-state index in [1.54, 1.807) is 0 Å². The van der Waals surface area contributed by atoms with Crippen molar-refractivity contribution in [1.29, 1.82) is 0 Å². The molecule has 0 aliphatic heterocycles. The number of rotatable bonds is 2. The molecule has 5 heteroatoms. The van der Waals surface area contributed by atoms with Gasteiger partial charge in [0.1, 0.15) is 11.4 Å². The molecule has 1 aromatic rings. The lowest BCUT2D eigenvalue weighted by atomic mass is 9.87. The first kappa shape index (κ1) is 12.8. The molecule has 0 spiro atoms. The molecule has 0 bridgehead atoms. The highest BCUT2D eigenvalue weighted by atomic mass is 19.4. The van der Waals surface area contributed by atoms with E-state index in [2.05, 4.69) is 10.8 Å². The molecule has 0 fully saturated rings. The third kappa shape index (κ3) is 2.61. The summed E-state index contributed by atoms with van der Waals surface area (Å²) in [5.41, 5.74) is -2.03. The summed E-state index contributed by atoms with van der Waals surface area (Å²) in [6.07, 6.45) is 1.60. The minimum atomic E-state index is -4.86. The van der Waals surface area contributed by atoms with Crippen LogP contribution in [0.4, 0.5) is 17.6 Å². The van der Waals surface area contributed by atoms with Crippen molar-refractivity contribution in [3.63, 3.8) is 0 Å². The van der Waals surface area contributed by atoms with Gasteiger partial charge in [-0.1, -0.05) is 30.4 Å². The molecular weight excluding hydrogens is 248 g/mol. The molecule has 1 atom stereocenters. The van der Waals surface area contributed by atoms with Crippen molar-refractivity contribution in [2.75, 3.05) is 0 Å². The van der Waals surface area contributed by atoms with Crippen molar-refractivity contribution < 1.29 is 22.3 Å². The monoisotopic (exact) mass is 257 g/mol. The average molecular weight is 257 g/mol. The molecule has 0 amide bonds. The van der Waals surface area contributed by atoms with Gasteiger partial charge < -0.3 is 0 Å². The molecular formula is C13H9F4O. The summed E-state index contributed by atoms with van der Waals surface area (Å²) in [4.78, 5) is 0. The Morgan fingerprint density at radius 2 is 1.94 bits per heavy atom. The van der Waals surface area contributed by atoms with Crippen LogP contribution in [0.25, 0.3) is 0 Å². The fourth-order valence-corrected chi connectivity index (χ4v) is 1.86. The molecule has 0 saturated heterocycles. The van der Waals surface area contributed by atoms with Crippen LogP contribution in [0.3, 0.4) is 0 Å². The number of halogens is 4. The highest BCUT2D eigenvalue weighted by Gasteiger charge is 2.44. The van der Waals surface area contributed by atoms with E-state index in [0.717, 1.165) is 6.07 Å². The van der Waals surface area contributed by atoms with Crippen molar-refractivity contribution in [2.45, 2.75) is 18.4 Å². The molecule has 1 aliphatic rings. The summed E-state index contributed by atoms with van der Waals surface area (Å²) in [6, 6.07) is 5.25. The Morgan fingerprint density at radius 3 is 2.50 bits per heavy atom. The van der Waals surface area contributed by atoms with Gasteiger partial charge in [-0.15, -0.1) is 13.2 Å². The topological polar surface area (TPSA) is 9.23 Å². The summed E-state index contributed by atoms with van der Waals surface area (Å²) >= 11 is 0. The first-order chi connectivity index (χ1) is 8.43. The lowest BCUT2D eigenvalue weighted by Crippen LogP contribution is -2.35. The number of hydrogen-bond acceptors (Lipinski definition) is 1. The Balaban J connectivity index is 2.47. The molecule has 18 heavy (non-hydrogen) atoms. The van der Waals surface area contributed by atoms with Crippen LogP contribution < -0.4 is 0 Å². The lowest BCUT2D eigenvalue weighted by Gasteiger charge is -2.32. The van der Waals surface area contributed by atoms with Crippen molar-refractivity contribution in [3.8, 4) is 0 Å². The molecule has 2 rings (SSSR count). The minimum Gasteiger partial charge on any atom is -0.276 e. The van der Waals surface area contributed by atoms with Crippen molar-refractivity contribution in [1.82, 2.24) is 0 Å². The quantitative estimate of drug-likeness (QED) is 0.730. The molecule has 0 N–H and O–H groups in total. The lowest BCUT2D eigenvalue weighted by molar-refractivity contribution is -0.362. The maximum atomic E-state index is 13.7. The van der Waals surface area contributed by atoms with Gasteiger partial charge >= 0.3 is 6.36 Å². The minimum absolute atomic E-state index is 0.154. The molecule has 1 radical (unpaired) electrons. The zero-order valence-corrected chi connectivity index (χ0v) is 9.17. The second kappa shape index (κ2) is 4.57. The van der Waals surface area contributed by atoms with E-state index in [0.29, 0.717) is 0 Å². The van der Waals surface area contributed by atoms with Gasteiger partial charge in [-0.2, -0.15) is 0 Å². The van der Waals surface area contributed by atoms with Crippen LogP contribution in [-0.2, 0) is 10.3 Å². The van der Waals surface area contributed by atoms with Crippen molar-refractivity contribution in [2.24, 2.45) is 0 Å². The second-order valence-electron chi connectivity index (χ2n) is 3.82. The number of benzene rings is 1. The Morgan fingerprint density at radius 1 is 1.22 bits per heavy atom. The normalized spacial score (nSPS) is 23.3. The zero-order chi connectivity index (χ0) is 13.2. The second-order valence-corrected chi connectivity index (χ2v) is 3.82. The van der Waals surface area contributed by atoms with E-state index in [9.17, 15) is 17.6 Å². The molecule has 0 heterocycles. The highest BCUT2D eigenvalue weighted by molar-refractivity contribution is 5.33. The van der Waals surface area contributed by atoms with Crippen LogP contribution in [-0.4, -0.2) is 6.36 Å². The number of alkyl halides is 3. The molecule has 0 aromatic heterocycles. The molecule has 95 valence electrons. The van der Waals surface area contributed by atoms with Gasteiger partial charge in [0.25, 0.3) is 0 Å². The van der Waals surface area contributed by atoms with Crippen LogP contribution in [0.5, 0.6) is 0 Å². The fraction of sp³-hybridized carbons (Fsp3) is 0.231. The number of hydrogen-bond donors (Lipinski definition) is 0. The standard InChI is InChI=1S/C13H9F4O/c14-11-7-3-2-6-10(11)12(18-13(15,16)17)8-4-1-5-9-12/h1-4,6-8H,9H2. The maximum absolute atomic E-state index is 13.7. The summed E-state index contributed by atoms with van der Waals surface area (Å²) < 4.78 is 55.3. The Kier molecular flexibility index (Phi) is 3.26. The van der Waals surface area contributed by atoms with Gasteiger partial charge in [0, 0.05) is 12.0 Å². The predicted octanol–water partition coefficient (Wildman–Crippen LogP) is 3.88. The average Bonchev–Trinajstić information content (AvgIpc) is 2.28. The van der Waals surface area contributed by atoms with Crippen LogP contribution in [0.15, 0.2) is 42.5 Å². The highest BCUT2D eigenvalue weighted by Crippen LogP contribution is 2.40. The van der Waals surface area contributed by atoms with E-state index in [4.69, 9.17) is 0 Å². The zero-order valence-electron chi connectivity index (χ0n) is 9.17. The predicted molar refractivity (Wildman–Crippen MR) is 56.8 cm³/mol. The van der Waals surface area contributed by atoms with E-state index >= 15 is 0 Å². The summed E-state index contributed by atoms with van der Waals surface area (Å²) in [7, 11) is 0. The van der Waals surface area contributed by atoms with Gasteiger partial charge in [0.05, 0.1) is 0 Å². The SMILES string of the molecule is Fc1ccccc1C1(OC(F)(F)F)C=CC=[C]C1. The van der Waals surface area contributed by atoms with Gasteiger partial charge in [0.15, 0.2) is 0 Å². The molecule has 0 saturated carbocycles. The molecule has 1 unspecified atom stereocenters.